The SMILES string of the molecule is Cc1ccc(NC(=S)N/N=C/c2cc3c(cc2[N+](=O)[O-])OCO3)cc1. The van der Waals surface area contributed by atoms with E-state index in [1.165, 1.54) is 18.3 Å². The van der Waals surface area contributed by atoms with Crippen molar-refractivity contribution in [1.82, 2.24) is 5.43 Å². The Hall–Kier alpha value is -3.20. The Morgan fingerprint density at radius 3 is 2.64 bits per heavy atom. The van der Waals surface area contributed by atoms with Crippen LogP contribution in [-0.2, 0) is 0 Å². The lowest BCUT2D eigenvalue weighted by molar-refractivity contribution is -0.385. The summed E-state index contributed by atoms with van der Waals surface area (Å²) in [6.45, 7) is 2.03. The van der Waals surface area contributed by atoms with E-state index in [0.29, 0.717) is 11.5 Å². The van der Waals surface area contributed by atoms with Crippen LogP contribution in [0, 0.1) is 17.0 Å². The second-order valence-corrected chi connectivity index (χ2v) is 5.62. The zero-order valence-corrected chi connectivity index (χ0v) is 14.0. The van der Waals surface area contributed by atoms with E-state index in [1.807, 2.05) is 31.2 Å². The van der Waals surface area contributed by atoms with Crippen LogP contribution in [-0.4, -0.2) is 23.0 Å². The number of nitrogens with zero attached hydrogens (tertiary/aromatic N) is 2. The maximum absolute atomic E-state index is 11.2. The van der Waals surface area contributed by atoms with Crippen LogP contribution in [0.3, 0.4) is 0 Å². The molecule has 3 rings (SSSR count). The van der Waals surface area contributed by atoms with E-state index in [4.69, 9.17) is 21.7 Å². The Morgan fingerprint density at radius 1 is 1.28 bits per heavy atom. The number of ether oxygens (including phenoxy) is 2. The maximum Gasteiger partial charge on any atom is 0.282 e. The van der Waals surface area contributed by atoms with Gasteiger partial charge in [0.15, 0.2) is 16.6 Å². The number of anilines is 1. The van der Waals surface area contributed by atoms with Gasteiger partial charge in [-0.15, -0.1) is 0 Å². The van der Waals surface area contributed by atoms with E-state index in [-0.39, 0.29) is 23.2 Å². The minimum Gasteiger partial charge on any atom is -0.454 e. The van der Waals surface area contributed by atoms with Crippen LogP contribution in [0.15, 0.2) is 41.5 Å². The fourth-order valence-electron chi connectivity index (χ4n) is 2.16. The molecule has 0 spiro atoms. The lowest BCUT2D eigenvalue weighted by Gasteiger charge is -2.07. The summed E-state index contributed by atoms with van der Waals surface area (Å²) in [5.74, 6) is 0.778. The third-order valence-electron chi connectivity index (χ3n) is 3.40. The average molecular weight is 358 g/mol. The van der Waals surface area contributed by atoms with Crippen LogP contribution >= 0.6 is 12.2 Å². The van der Waals surface area contributed by atoms with Gasteiger partial charge in [-0.05, 0) is 37.3 Å². The third-order valence-corrected chi connectivity index (χ3v) is 3.59. The van der Waals surface area contributed by atoms with Crippen LogP contribution in [0.25, 0.3) is 0 Å². The number of hydrazone groups is 1. The number of thiocarbonyl (C=S) groups is 1. The molecule has 1 aliphatic rings. The van der Waals surface area contributed by atoms with E-state index in [1.54, 1.807) is 0 Å². The second-order valence-electron chi connectivity index (χ2n) is 5.21. The number of hydrogen-bond acceptors (Lipinski definition) is 6. The molecule has 1 heterocycles. The summed E-state index contributed by atoms with van der Waals surface area (Å²) in [4.78, 5) is 10.7. The standard InChI is InChI=1S/C16H14N4O4S/c1-10-2-4-12(5-3-10)18-16(25)19-17-8-11-6-14-15(24-9-23-14)7-13(11)20(21)22/h2-8H,9H2,1H3,(H2,18,19,25)/b17-8+. The summed E-state index contributed by atoms with van der Waals surface area (Å²) in [5, 5.41) is 18.4. The van der Waals surface area contributed by atoms with Crippen molar-refractivity contribution in [3.63, 3.8) is 0 Å². The molecule has 0 radical (unpaired) electrons. The van der Waals surface area contributed by atoms with Crippen LogP contribution in [0.1, 0.15) is 11.1 Å². The van der Waals surface area contributed by atoms with Crippen LogP contribution in [0.2, 0.25) is 0 Å². The Balaban J connectivity index is 1.68. The average Bonchev–Trinajstić information content (AvgIpc) is 3.03. The highest BCUT2D eigenvalue weighted by molar-refractivity contribution is 7.80. The Bertz CT molecular complexity index is 852. The molecule has 128 valence electrons. The Morgan fingerprint density at radius 2 is 1.96 bits per heavy atom. The van der Waals surface area contributed by atoms with Crippen LogP contribution < -0.4 is 20.2 Å². The highest BCUT2D eigenvalue weighted by Crippen LogP contribution is 2.37. The highest BCUT2D eigenvalue weighted by atomic mass is 32.1. The number of nitro groups is 1. The van der Waals surface area contributed by atoms with Gasteiger partial charge in [-0.3, -0.25) is 15.5 Å². The molecular weight excluding hydrogens is 344 g/mol. The van der Waals surface area contributed by atoms with Gasteiger partial charge in [-0.25, -0.2) is 0 Å². The van der Waals surface area contributed by atoms with Crippen LogP contribution in [0.4, 0.5) is 11.4 Å². The van der Waals surface area contributed by atoms with Gasteiger partial charge in [0.2, 0.25) is 6.79 Å². The van der Waals surface area contributed by atoms with Crippen molar-refractivity contribution in [1.29, 1.82) is 0 Å². The van der Waals surface area contributed by atoms with Gasteiger partial charge in [-0.2, -0.15) is 5.10 Å². The molecule has 0 aromatic heterocycles. The summed E-state index contributed by atoms with van der Waals surface area (Å²) in [6, 6.07) is 10.5. The molecule has 0 saturated heterocycles. The molecule has 1 aliphatic heterocycles. The van der Waals surface area contributed by atoms with E-state index in [0.717, 1.165) is 11.3 Å². The molecular formula is C16H14N4O4S. The first-order valence-corrected chi connectivity index (χ1v) is 7.68. The van der Waals surface area contributed by atoms with Gasteiger partial charge in [0.25, 0.3) is 5.69 Å². The molecule has 9 heteroatoms. The number of rotatable bonds is 4. The maximum atomic E-state index is 11.2. The number of aryl methyl sites for hydroxylation is 1. The molecule has 25 heavy (non-hydrogen) atoms. The molecule has 0 atom stereocenters. The predicted octanol–water partition coefficient (Wildman–Crippen LogP) is 2.95. The number of fused-ring (bicyclic) bond motifs is 1. The van der Waals surface area contributed by atoms with E-state index >= 15 is 0 Å². The minimum absolute atomic E-state index is 0.0376. The largest absolute Gasteiger partial charge is 0.454 e. The first-order valence-electron chi connectivity index (χ1n) is 7.28. The monoisotopic (exact) mass is 358 g/mol. The fraction of sp³-hybridized carbons (Fsp3) is 0.125. The lowest BCUT2D eigenvalue weighted by atomic mass is 10.1. The molecule has 0 unspecified atom stereocenters. The Kier molecular flexibility index (Phi) is 4.75. The number of benzene rings is 2. The first kappa shape index (κ1) is 16.7. The summed E-state index contributed by atoms with van der Waals surface area (Å²) >= 11 is 5.13. The minimum atomic E-state index is -0.508. The van der Waals surface area contributed by atoms with Gasteiger partial charge in [-0.1, -0.05) is 17.7 Å². The van der Waals surface area contributed by atoms with Crippen molar-refractivity contribution in [2.75, 3.05) is 12.1 Å². The third kappa shape index (κ3) is 4.01. The quantitative estimate of drug-likeness (QED) is 0.375. The summed E-state index contributed by atoms with van der Waals surface area (Å²) in [6.07, 6.45) is 1.31. The number of nitrogens with one attached hydrogen (secondary N) is 2. The van der Waals surface area contributed by atoms with Gasteiger partial charge < -0.3 is 14.8 Å². The van der Waals surface area contributed by atoms with Gasteiger partial charge in [0.1, 0.15) is 0 Å². The molecule has 2 aromatic carbocycles. The first-order chi connectivity index (χ1) is 12.0. The highest BCUT2D eigenvalue weighted by Gasteiger charge is 2.22. The zero-order valence-electron chi connectivity index (χ0n) is 13.2. The predicted molar refractivity (Wildman–Crippen MR) is 97.3 cm³/mol. The van der Waals surface area contributed by atoms with Crippen LogP contribution in [0.5, 0.6) is 11.5 Å². The molecule has 0 aliphatic carbocycles. The molecule has 0 saturated carbocycles. The molecule has 2 N–H and O–H groups in total. The smallest absolute Gasteiger partial charge is 0.282 e. The van der Waals surface area contributed by atoms with Crippen molar-refractivity contribution in [2.24, 2.45) is 5.10 Å². The molecule has 0 bridgehead atoms. The van der Waals surface area contributed by atoms with Gasteiger partial charge >= 0.3 is 0 Å². The van der Waals surface area contributed by atoms with Crippen molar-refractivity contribution >= 4 is 34.9 Å². The molecule has 0 fully saturated rings. The van der Waals surface area contributed by atoms with Crippen molar-refractivity contribution < 1.29 is 14.4 Å². The summed E-state index contributed by atoms with van der Waals surface area (Å²) in [5.41, 5.74) is 4.72. The lowest BCUT2D eigenvalue weighted by Crippen LogP contribution is -2.23. The summed E-state index contributed by atoms with van der Waals surface area (Å²) in [7, 11) is 0. The van der Waals surface area contributed by atoms with E-state index < -0.39 is 4.92 Å². The molecule has 2 aromatic rings. The fourth-order valence-corrected chi connectivity index (χ4v) is 2.34. The topological polar surface area (TPSA) is 98.0 Å². The zero-order chi connectivity index (χ0) is 17.8. The normalized spacial score (nSPS) is 12.2. The molecule has 0 amide bonds. The molecule has 8 nitrogen and oxygen atoms in total. The van der Waals surface area contributed by atoms with Crippen molar-refractivity contribution in [3.8, 4) is 11.5 Å². The Labute approximate surface area is 148 Å². The van der Waals surface area contributed by atoms with Crippen molar-refractivity contribution in [2.45, 2.75) is 6.92 Å². The number of hydrogen-bond donors (Lipinski definition) is 2. The summed E-state index contributed by atoms with van der Waals surface area (Å²) < 4.78 is 10.4. The van der Waals surface area contributed by atoms with Gasteiger partial charge in [0.05, 0.1) is 22.8 Å². The number of nitro benzene ring substituents is 1. The van der Waals surface area contributed by atoms with Gasteiger partial charge in [0, 0.05) is 5.69 Å². The second kappa shape index (κ2) is 7.14. The van der Waals surface area contributed by atoms with E-state index in [2.05, 4.69) is 15.8 Å². The van der Waals surface area contributed by atoms with Crippen molar-refractivity contribution in [3.05, 3.63) is 57.6 Å². The van der Waals surface area contributed by atoms with E-state index in [9.17, 15) is 10.1 Å².